The van der Waals surface area contributed by atoms with Gasteiger partial charge in [0.05, 0.1) is 16.4 Å². The number of aromatic nitrogens is 1. The smallest absolute Gasteiger partial charge is 0.261 e. The zero-order valence-corrected chi connectivity index (χ0v) is 16.0. The molecule has 1 atom stereocenters. The van der Waals surface area contributed by atoms with Crippen LogP contribution in [0.5, 0.6) is 0 Å². The van der Waals surface area contributed by atoms with Crippen molar-refractivity contribution in [3.05, 3.63) is 76.2 Å². The summed E-state index contributed by atoms with van der Waals surface area (Å²) in [6.45, 7) is 2.07. The number of pyridine rings is 1. The highest BCUT2D eigenvalue weighted by molar-refractivity contribution is 7.20. The molecule has 5 rings (SSSR count). The molecular formula is C23H20N2OS. The Hall–Kier alpha value is -2.72. The number of aryl methyl sites for hydroxylation is 2. The Morgan fingerprint density at radius 3 is 2.93 bits per heavy atom. The second-order valence-corrected chi connectivity index (χ2v) is 8.34. The molecule has 1 N–H and O–H groups in total. The number of nitrogens with one attached hydrogen (secondary N) is 1. The average Bonchev–Trinajstić information content (AvgIpc) is 3.09. The zero-order chi connectivity index (χ0) is 18.4. The Bertz CT molecular complexity index is 1180. The van der Waals surface area contributed by atoms with Crippen LogP contribution in [0, 0.1) is 6.92 Å². The SMILES string of the molecule is Cc1ccc2cc3cc(C(=O)NC4CCCc5ccccc54)sc3nc2c1. The summed E-state index contributed by atoms with van der Waals surface area (Å²) in [4.78, 5) is 19.3. The molecule has 1 aliphatic rings. The maximum Gasteiger partial charge on any atom is 0.261 e. The van der Waals surface area contributed by atoms with E-state index in [-0.39, 0.29) is 11.9 Å². The third-order valence-electron chi connectivity index (χ3n) is 5.36. The van der Waals surface area contributed by atoms with E-state index in [0.29, 0.717) is 0 Å². The molecule has 1 unspecified atom stereocenters. The van der Waals surface area contributed by atoms with E-state index in [1.165, 1.54) is 28.0 Å². The zero-order valence-electron chi connectivity index (χ0n) is 15.2. The Morgan fingerprint density at radius 2 is 2.00 bits per heavy atom. The van der Waals surface area contributed by atoms with Crippen molar-refractivity contribution in [2.45, 2.75) is 32.2 Å². The number of thiophene rings is 1. The lowest BCUT2D eigenvalue weighted by Gasteiger charge is -2.26. The number of nitrogens with zero attached hydrogens (tertiary/aromatic N) is 1. The molecule has 134 valence electrons. The van der Waals surface area contributed by atoms with Gasteiger partial charge in [0.2, 0.25) is 0 Å². The first kappa shape index (κ1) is 16.5. The minimum Gasteiger partial charge on any atom is -0.345 e. The largest absolute Gasteiger partial charge is 0.345 e. The first-order valence-corrected chi connectivity index (χ1v) is 10.2. The van der Waals surface area contributed by atoms with E-state index in [4.69, 9.17) is 4.98 Å². The number of rotatable bonds is 2. The summed E-state index contributed by atoms with van der Waals surface area (Å²) >= 11 is 1.47. The van der Waals surface area contributed by atoms with Crippen LogP contribution in [-0.4, -0.2) is 10.9 Å². The molecule has 0 bridgehead atoms. The van der Waals surface area contributed by atoms with Crippen molar-refractivity contribution in [3.63, 3.8) is 0 Å². The fourth-order valence-electron chi connectivity index (χ4n) is 3.98. The van der Waals surface area contributed by atoms with E-state index in [9.17, 15) is 4.79 Å². The van der Waals surface area contributed by atoms with Crippen LogP contribution in [0.15, 0.2) is 54.6 Å². The molecule has 2 heterocycles. The summed E-state index contributed by atoms with van der Waals surface area (Å²) in [5.41, 5.74) is 4.79. The molecule has 0 aliphatic heterocycles. The standard InChI is InChI=1S/C23H20N2OS/c1-14-9-10-16-12-17-13-21(27-23(17)25-20(16)11-14)22(26)24-19-8-4-6-15-5-2-3-7-18(15)19/h2-3,5,7,9-13,19H,4,6,8H2,1H3,(H,24,26). The fourth-order valence-corrected chi connectivity index (χ4v) is 4.91. The van der Waals surface area contributed by atoms with E-state index in [2.05, 4.69) is 60.8 Å². The van der Waals surface area contributed by atoms with Gasteiger partial charge in [0.25, 0.3) is 5.91 Å². The van der Waals surface area contributed by atoms with Gasteiger partial charge in [0, 0.05) is 10.8 Å². The predicted octanol–water partition coefficient (Wildman–Crippen LogP) is 5.57. The van der Waals surface area contributed by atoms with Crippen LogP contribution in [0.2, 0.25) is 0 Å². The van der Waals surface area contributed by atoms with Crippen LogP contribution in [0.4, 0.5) is 0 Å². The minimum atomic E-state index is -0.0000558. The number of hydrogen-bond acceptors (Lipinski definition) is 3. The topological polar surface area (TPSA) is 42.0 Å². The number of carbonyl (C=O) groups excluding carboxylic acids is 1. The third-order valence-corrected chi connectivity index (χ3v) is 6.40. The Morgan fingerprint density at radius 1 is 1.11 bits per heavy atom. The molecule has 0 saturated carbocycles. The summed E-state index contributed by atoms with van der Waals surface area (Å²) in [5.74, 6) is -0.0000558. The molecule has 0 fully saturated rings. The fraction of sp³-hybridized carbons (Fsp3) is 0.217. The molecule has 1 amide bonds. The van der Waals surface area contributed by atoms with Crippen LogP contribution >= 0.6 is 11.3 Å². The Labute approximate surface area is 162 Å². The van der Waals surface area contributed by atoms with Crippen LogP contribution in [0.3, 0.4) is 0 Å². The van der Waals surface area contributed by atoms with Gasteiger partial charge >= 0.3 is 0 Å². The molecule has 1 aliphatic carbocycles. The predicted molar refractivity (Wildman–Crippen MR) is 111 cm³/mol. The molecular weight excluding hydrogens is 352 g/mol. The second-order valence-electron chi connectivity index (χ2n) is 7.31. The normalized spacial score (nSPS) is 16.4. The molecule has 27 heavy (non-hydrogen) atoms. The van der Waals surface area contributed by atoms with Gasteiger partial charge in [-0.15, -0.1) is 11.3 Å². The van der Waals surface area contributed by atoms with Crippen molar-refractivity contribution in [2.24, 2.45) is 0 Å². The summed E-state index contributed by atoms with van der Waals surface area (Å²) in [6.07, 6.45) is 3.21. The summed E-state index contributed by atoms with van der Waals surface area (Å²) < 4.78 is 0. The second kappa shape index (κ2) is 6.46. The van der Waals surface area contributed by atoms with Crippen molar-refractivity contribution in [1.29, 1.82) is 0 Å². The van der Waals surface area contributed by atoms with Gasteiger partial charge in [-0.2, -0.15) is 0 Å². The number of benzene rings is 2. The Kier molecular flexibility index (Phi) is 3.94. The average molecular weight is 372 g/mol. The summed E-state index contributed by atoms with van der Waals surface area (Å²) in [6, 6.07) is 18.9. The highest BCUT2D eigenvalue weighted by Crippen LogP contribution is 2.31. The van der Waals surface area contributed by atoms with Gasteiger partial charge in [-0.05, 0) is 61.1 Å². The molecule has 2 aromatic heterocycles. The number of carbonyl (C=O) groups is 1. The van der Waals surface area contributed by atoms with Crippen molar-refractivity contribution in [3.8, 4) is 0 Å². The number of fused-ring (bicyclic) bond motifs is 3. The first-order valence-electron chi connectivity index (χ1n) is 9.37. The summed E-state index contributed by atoms with van der Waals surface area (Å²) in [7, 11) is 0. The van der Waals surface area contributed by atoms with Crippen LogP contribution in [-0.2, 0) is 6.42 Å². The van der Waals surface area contributed by atoms with Crippen LogP contribution < -0.4 is 5.32 Å². The Balaban J connectivity index is 1.47. The quantitative estimate of drug-likeness (QED) is 0.500. The lowest BCUT2D eigenvalue weighted by atomic mass is 9.88. The summed E-state index contributed by atoms with van der Waals surface area (Å²) in [5, 5.41) is 5.39. The molecule has 0 spiro atoms. The number of hydrogen-bond donors (Lipinski definition) is 1. The maximum atomic E-state index is 12.9. The monoisotopic (exact) mass is 372 g/mol. The molecule has 4 aromatic rings. The van der Waals surface area contributed by atoms with Crippen LogP contribution in [0.1, 0.15) is 45.2 Å². The van der Waals surface area contributed by atoms with Crippen LogP contribution in [0.25, 0.3) is 21.1 Å². The van der Waals surface area contributed by atoms with Crippen molar-refractivity contribution >= 4 is 38.4 Å². The minimum absolute atomic E-state index is 0.0000558. The van der Waals surface area contributed by atoms with Gasteiger partial charge in [0.15, 0.2) is 0 Å². The van der Waals surface area contributed by atoms with E-state index < -0.39 is 0 Å². The van der Waals surface area contributed by atoms with E-state index >= 15 is 0 Å². The van der Waals surface area contributed by atoms with Gasteiger partial charge < -0.3 is 5.32 Å². The number of amides is 1. The van der Waals surface area contributed by atoms with Gasteiger partial charge in [0.1, 0.15) is 4.83 Å². The maximum absolute atomic E-state index is 12.9. The molecule has 0 radical (unpaired) electrons. The van der Waals surface area contributed by atoms with E-state index in [1.807, 2.05) is 6.07 Å². The lowest BCUT2D eigenvalue weighted by Crippen LogP contribution is -2.30. The first-order chi connectivity index (χ1) is 13.2. The van der Waals surface area contributed by atoms with Gasteiger partial charge in [-0.1, -0.05) is 36.4 Å². The molecule has 3 nitrogen and oxygen atoms in total. The van der Waals surface area contributed by atoms with E-state index in [1.54, 1.807) is 0 Å². The van der Waals surface area contributed by atoms with Crippen molar-refractivity contribution < 1.29 is 4.79 Å². The third kappa shape index (κ3) is 3.00. The van der Waals surface area contributed by atoms with E-state index in [0.717, 1.165) is 45.3 Å². The van der Waals surface area contributed by atoms with Gasteiger partial charge in [-0.25, -0.2) is 4.98 Å². The molecule has 4 heteroatoms. The highest BCUT2D eigenvalue weighted by Gasteiger charge is 2.22. The van der Waals surface area contributed by atoms with Crippen molar-refractivity contribution in [1.82, 2.24) is 10.3 Å². The van der Waals surface area contributed by atoms with Crippen molar-refractivity contribution in [2.75, 3.05) is 0 Å². The van der Waals surface area contributed by atoms with Gasteiger partial charge in [-0.3, -0.25) is 4.79 Å². The molecule has 0 saturated heterocycles. The molecule has 2 aromatic carbocycles. The highest BCUT2D eigenvalue weighted by atomic mass is 32.1. The lowest BCUT2D eigenvalue weighted by molar-refractivity contribution is 0.0937.